The Bertz CT molecular complexity index is 1910. The summed E-state index contributed by atoms with van der Waals surface area (Å²) in [6, 6.07) is 21.6. The fraction of sp³-hybridized carbons (Fsp3) is 0.0667. The molecule has 190 valence electrons. The molecule has 0 aliphatic carbocycles. The number of halogens is 1. The van der Waals surface area contributed by atoms with Crippen molar-refractivity contribution in [3.8, 4) is 33.2 Å². The van der Waals surface area contributed by atoms with E-state index in [4.69, 9.17) is 4.98 Å². The molecule has 0 aliphatic heterocycles. The van der Waals surface area contributed by atoms with Crippen molar-refractivity contribution in [3.63, 3.8) is 0 Å². The van der Waals surface area contributed by atoms with E-state index in [2.05, 4.69) is 42.6 Å². The van der Waals surface area contributed by atoms with E-state index in [9.17, 15) is 0 Å². The highest BCUT2D eigenvalue weighted by Crippen LogP contribution is 2.34. The van der Waals surface area contributed by atoms with Crippen LogP contribution in [0.5, 0.6) is 0 Å². The molecule has 2 aromatic carbocycles. The molecule has 0 radical (unpaired) electrons. The lowest BCUT2D eigenvalue weighted by molar-refractivity contribution is 0.636. The van der Waals surface area contributed by atoms with Crippen molar-refractivity contribution in [2.24, 2.45) is 0 Å². The van der Waals surface area contributed by atoms with Gasteiger partial charge >= 0.3 is 0 Å². The van der Waals surface area contributed by atoms with Gasteiger partial charge in [0.05, 0.1) is 10.4 Å². The average Bonchev–Trinajstić information content (AvgIpc) is 3.73. The largest absolute Gasteiger partial charge is 0.337 e. The van der Waals surface area contributed by atoms with Gasteiger partial charge in [-0.3, -0.25) is 15.1 Å². The van der Waals surface area contributed by atoms with E-state index in [1.165, 1.54) is 11.6 Å². The fourth-order valence-corrected chi connectivity index (χ4v) is 5.48. The minimum atomic E-state index is -0.408. The van der Waals surface area contributed by atoms with E-state index in [-0.39, 0.29) is 5.52 Å². The number of thiophene rings is 1. The molecule has 9 heteroatoms. The number of aromatic amines is 2. The van der Waals surface area contributed by atoms with E-state index in [1.807, 2.05) is 60.1 Å². The number of hydrogen-bond acceptors (Lipinski definition) is 6. The molecule has 7 nitrogen and oxygen atoms in total. The first-order valence-electron chi connectivity index (χ1n) is 12.5. The highest BCUT2D eigenvalue weighted by atomic mass is 32.1. The Kier molecular flexibility index (Phi) is 5.92. The zero-order chi connectivity index (χ0) is 26.2. The SMILES string of the molecule is Fc1cc(-c2cncc(CNCc3ccccc3)c2)cc2c(-c3nc4c(-c5cccs5)nccc4[nH]3)[nH]nc12. The number of nitrogens with one attached hydrogen (secondary N) is 3. The number of fused-ring (bicyclic) bond motifs is 2. The van der Waals surface area contributed by atoms with E-state index >= 15 is 4.39 Å². The van der Waals surface area contributed by atoms with Crippen molar-refractivity contribution < 1.29 is 4.39 Å². The van der Waals surface area contributed by atoms with Crippen molar-refractivity contribution in [2.45, 2.75) is 13.1 Å². The molecule has 0 aliphatic rings. The first-order chi connectivity index (χ1) is 19.2. The summed E-state index contributed by atoms with van der Waals surface area (Å²) < 4.78 is 15.3. The van der Waals surface area contributed by atoms with Crippen LogP contribution in [0, 0.1) is 5.82 Å². The fourth-order valence-electron chi connectivity index (χ4n) is 4.76. The molecule has 7 rings (SSSR count). The summed E-state index contributed by atoms with van der Waals surface area (Å²) >= 11 is 1.61. The number of hydrogen-bond donors (Lipinski definition) is 3. The second-order valence-electron chi connectivity index (χ2n) is 9.24. The van der Waals surface area contributed by atoms with Gasteiger partial charge in [-0.15, -0.1) is 11.3 Å². The first kappa shape index (κ1) is 23.4. The molecule has 5 aromatic heterocycles. The molecule has 0 amide bonds. The van der Waals surface area contributed by atoms with Gasteiger partial charge in [0.1, 0.15) is 22.4 Å². The number of nitrogens with zero attached hydrogens (tertiary/aromatic N) is 4. The lowest BCUT2D eigenvalue weighted by Gasteiger charge is -2.08. The maximum Gasteiger partial charge on any atom is 0.157 e. The molecule has 0 saturated carbocycles. The van der Waals surface area contributed by atoms with Crippen LogP contribution in [-0.2, 0) is 13.1 Å². The first-order valence-corrected chi connectivity index (χ1v) is 13.4. The summed E-state index contributed by atoms with van der Waals surface area (Å²) in [5.74, 6) is 0.168. The standard InChI is InChI=1S/C30H22FN7S/c31-23-13-20(21-11-19(16-33-17-21)15-32-14-18-5-2-1-3-6-18)12-22-26(23)37-38-27(22)30-35-24-8-9-34-29(28(24)36-30)25-7-4-10-39-25/h1-13,16-17,32H,14-15H2,(H,35,36)(H,37,38). The molecule has 0 spiro atoms. The predicted molar refractivity (Wildman–Crippen MR) is 152 cm³/mol. The molecule has 0 fully saturated rings. The van der Waals surface area contributed by atoms with Gasteiger partial charge in [-0.25, -0.2) is 9.37 Å². The zero-order valence-corrected chi connectivity index (χ0v) is 21.5. The Hall–Kier alpha value is -4.73. The van der Waals surface area contributed by atoms with Gasteiger partial charge in [0.2, 0.25) is 0 Å². The molecule has 0 unspecified atom stereocenters. The number of aromatic nitrogens is 6. The number of pyridine rings is 2. The van der Waals surface area contributed by atoms with Crippen molar-refractivity contribution in [2.75, 3.05) is 0 Å². The van der Waals surface area contributed by atoms with Gasteiger partial charge in [0.25, 0.3) is 0 Å². The Morgan fingerprint density at radius 1 is 0.872 bits per heavy atom. The van der Waals surface area contributed by atoms with E-state index in [1.54, 1.807) is 23.7 Å². The Morgan fingerprint density at radius 2 is 1.77 bits per heavy atom. The molecule has 0 atom stereocenters. The van der Waals surface area contributed by atoms with Gasteiger partial charge in [-0.2, -0.15) is 5.10 Å². The third-order valence-electron chi connectivity index (χ3n) is 6.63. The lowest BCUT2D eigenvalue weighted by Crippen LogP contribution is -2.12. The van der Waals surface area contributed by atoms with E-state index in [0.717, 1.165) is 44.8 Å². The van der Waals surface area contributed by atoms with E-state index < -0.39 is 5.82 Å². The van der Waals surface area contributed by atoms with Crippen molar-refractivity contribution in [1.29, 1.82) is 0 Å². The third-order valence-corrected chi connectivity index (χ3v) is 7.51. The van der Waals surface area contributed by atoms with Crippen LogP contribution in [-0.4, -0.2) is 30.1 Å². The summed E-state index contributed by atoms with van der Waals surface area (Å²) in [7, 11) is 0. The highest BCUT2D eigenvalue weighted by Gasteiger charge is 2.18. The van der Waals surface area contributed by atoms with Crippen LogP contribution in [0.25, 0.3) is 55.2 Å². The Labute approximate surface area is 226 Å². The van der Waals surface area contributed by atoms with E-state index in [0.29, 0.717) is 23.4 Å². The lowest BCUT2D eigenvalue weighted by atomic mass is 10.0. The maximum absolute atomic E-state index is 15.3. The monoisotopic (exact) mass is 531 g/mol. The van der Waals surface area contributed by atoms with Crippen LogP contribution in [0.1, 0.15) is 11.1 Å². The smallest absolute Gasteiger partial charge is 0.157 e. The molecular formula is C30H22FN7S. The van der Waals surface area contributed by atoms with Gasteiger partial charge in [0, 0.05) is 42.6 Å². The number of H-pyrrole nitrogens is 2. The minimum Gasteiger partial charge on any atom is -0.337 e. The van der Waals surface area contributed by atoms with Crippen LogP contribution in [0.2, 0.25) is 0 Å². The summed E-state index contributed by atoms with van der Waals surface area (Å²) in [5, 5.41) is 13.4. The van der Waals surface area contributed by atoms with Gasteiger partial charge in [0.15, 0.2) is 11.6 Å². The average molecular weight is 532 g/mol. The number of rotatable bonds is 7. The summed E-state index contributed by atoms with van der Waals surface area (Å²) in [6.45, 7) is 1.41. The second-order valence-corrected chi connectivity index (χ2v) is 10.2. The Morgan fingerprint density at radius 3 is 2.64 bits per heavy atom. The summed E-state index contributed by atoms with van der Waals surface area (Å²) in [4.78, 5) is 18.2. The summed E-state index contributed by atoms with van der Waals surface area (Å²) in [5.41, 5.74) is 7.08. The number of benzene rings is 2. The number of imidazole rings is 1. The Balaban J connectivity index is 1.23. The maximum atomic E-state index is 15.3. The minimum absolute atomic E-state index is 0.263. The molecule has 39 heavy (non-hydrogen) atoms. The second kappa shape index (κ2) is 9.86. The molecular weight excluding hydrogens is 509 g/mol. The van der Waals surface area contributed by atoms with Crippen LogP contribution in [0.3, 0.4) is 0 Å². The van der Waals surface area contributed by atoms with Crippen molar-refractivity contribution in [3.05, 3.63) is 108 Å². The van der Waals surface area contributed by atoms with Crippen molar-refractivity contribution >= 4 is 33.3 Å². The molecule has 3 N–H and O–H groups in total. The molecule has 0 saturated heterocycles. The molecule has 7 aromatic rings. The van der Waals surface area contributed by atoms with Gasteiger partial charge in [-0.1, -0.05) is 36.4 Å². The predicted octanol–water partition coefficient (Wildman–Crippen LogP) is 6.72. The zero-order valence-electron chi connectivity index (χ0n) is 20.6. The van der Waals surface area contributed by atoms with Crippen LogP contribution < -0.4 is 5.32 Å². The highest BCUT2D eigenvalue weighted by molar-refractivity contribution is 7.13. The van der Waals surface area contributed by atoms with Crippen LogP contribution in [0.15, 0.2) is 90.7 Å². The molecule has 5 heterocycles. The topological polar surface area (TPSA) is 95.2 Å². The molecule has 0 bridgehead atoms. The van der Waals surface area contributed by atoms with Gasteiger partial charge in [-0.05, 0) is 52.4 Å². The quantitative estimate of drug-likeness (QED) is 0.212. The van der Waals surface area contributed by atoms with Crippen molar-refractivity contribution in [1.82, 2.24) is 35.5 Å². The van der Waals surface area contributed by atoms with Gasteiger partial charge < -0.3 is 10.3 Å². The summed E-state index contributed by atoms with van der Waals surface area (Å²) in [6.07, 6.45) is 5.34. The van der Waals surface area contributed by atoms with Crippen LogP contribution >= 0.6 is 11.3 Å². The van der Waals surface area contributed by atoms with Crippen LogP contribution in [0.4, 0.5) is 4.39 Å². The third kappa shape index (κ3) is 4.47. The normalized spacial score (nSPS) is 11.5.